The molecule has 22 heavy (non-hydrogen) atoms. The van der Waals surface area contributed by atoms with Gasteiger partial charge in [-0.2, -0.15) is 0 Å². The van der Waals surface area contributed by atoms with Crippen molar-refractivity contribution >= 4 is 17.2 Å². The lowest BCUT2D eigenvalue weighted by Crippen LogP contribution is -2.30. The summed E-state index contributed by atoms with van der Waals surface area (Å²) >= 11 is 0. The monoisotopic (exact) mass is 295 g/mol. The largest absolute Gasteiger partial charge is 0.338 e. The molecule has 4 rings (SSSR count). The van der Waals surface area contributed by atoms with Gasteiger partial charge in [0.1, 0.15) is 0 Å². The molecule has 0 saturated heterocycles. The third kappa shape index (κ3) is 2.29. The molecule has 112 valence electrons. The molecule has 0 bridgehead atoms. The summed E-state index contributed by atoms with van der Waals surface area (Å²) in [6.07, 6.45) is 1.06. The van der Waals surface area contributed by atoms with Gasteiger partial charge in [0, 0.05) is 18.8 Å². The van der Waals surface area contributed by atoms with Crippen LogP contribution in [0.5, 0.6) is 0 Å². The molecule has 1 aliphatic rings. The number of hydrogen-bond acceptors (Lipinski definition) is 6. The molecule has 0 spiro atoms. The second kappa shape index (κ2) is 5.34. The number of rotatable bonds is 3. The Morgan fingerprint density at radius 3 is 3.09 bits per heavy atom. The van der Waals surface area contributed by atoms with Crippen LogP contribution in [0.25, 0.3) is 5.65 Å². The Morgan fingerprint density at radius 1 is 1.23 bits per heavy atom. The average molecular weight is 295 g/mol. The summed E-state index contributed by atoms with van der Waals surface area (Å²) in [7, 11) is 0. The van der Waals surface area contributed by atoms with E-state index in [4.69, 9.17) is 0 Å². The molecule has 2 aromatic heterocycles. The summed E-state index contributed by atoms with van der Waals surface area (Å²) < 4.78 is 1.43. The second-order valence-corrected chi connectivity index (χ2v) is 5.43. The number of tetrazole rings is 1. The van der Waals surface area contributed by atoms with Crippen LogP contribution < -0.4 is 5.32 Å². The number of fused-ring (bicyclic) bond motifs is 2. The Hall–Kier alpha value is -2.54. The van der Waals surface area contributed by atoms with Gasteiger partial charge in [-0.05, 0) is 52.7 Å². The Kier molecular flexibility index (Phi) is 3.19. The first-order valence-electron chi connectivity index (χ1n) is 7.49. The molecule has 0 atom stereocenters. The Morgan fingerprint density at radius 2 is 2.18 bits per heavy atom. The first-order valence-corrected chi connectivity index (χ1v) is 7.49. The van der Waals surface area contributed by atoms with Gasteiger partial charge in [0.05, 0.1) is 0 Å². The highest BCUT2D eigenvalue weighted by Crippen LogP contribution is 2.27. The molecule has 0 radical (unpaired) electrons. The van der Waals surface area contributed by atoms with Crippen LogP contribution in [0.15, 0.2) is 30.3 Å². The molecule has 0 aliphatic carbocycles. The predicted molar refractivity (Wildman–Crippen MR) is 83.0 cm³/mol. The predicted octanol–water partition coefficient (Wildman–Crippen LogP) is 1.64. The van der Waals surface area contributed by atoms with Crippen molar-refractivity contribution in [2.75, 3.05) is 18.4 Å². The van der Waals surface area contributed by atoms with E-state index >= 15 is 0 Å². The number of nitrogens with zero attached hydrogens (tertiary/aromatic N) is 6. The van der Waals surface area contributed by atoms with Gasteiger partial charge >= 0.3 is 0 Å². The topological polar surface area (TPSA) is 71.2 Å². The van der Waals surface area contributed by atoms with E-state index in [1.807, 2.05) is 12.1 Å². The zero-order valence-corrected chi connectivity index (χ0v) is 12.4. The highest BCUT2D eigenvalue weighted by molar-refractivity contribution is 5.63. The van der Waals surface area contributed by atoms with E-state index in [0.29, 0.717) is 5.65 Å². The zero-order valence-electron chi connectivity index (χ0n) is 12.4. The molecule has 1 aliphatic heterocycles. The molecule has 3 aromatic rings. The Labute approximate surface area is 127 Å². The van der Waals surface area contributed by atoms with Gasteiger partial charge in [0.2, 0.25) is 0 Å². The molecule has 0 saturated carbocycles. The second-order valence-electron chi connectivity index (χ2n) is 5.43. The number of nitrogens with one attached hydrogen (secondary N) is 1. The first-order chi connectivity index (χ1) is 10.8. The number of aromatic nitrogens is 5. The normalized spacial score (nSPS) is 15.0. The van der Waals surface area contributed by atoms with Crippen molar-refractivity contribution in [1.82, 2.24) is 30.2 Å². The van der Waals surface area contributed by atoms with Gasteiger partial charge in [0.25, 0.3) is 0 Å². The maximum Gasteiger partial charge on any atom is 0.200 e. The van der Waals surface area contributed by atoms with Crippen LogP contribution >= 0.6 is 0 Å². The molecule has 7 nitrogen and oxygen atoms in total. The van der Waals surface area contributed by atoms with Crippen molar-refractivity contribution in [3.05, 3.63) is 41.5 Å². The maximum absolute atomic E-state index is 4.37. The fourth-order valence-electron chi connectivity index (χ4n) is 2.91. The van der Waals surface area contributed by atoms with Crippen molar-refractivity contribution in [1.29, 1.82) is 0 Å². The van der Waals surface area contributed by atoms with Crippen LogP contribution in [0.3, 0.4) is 0 Å². The van der Waals surface area contributed by atoms with Crippen molar-refractivity contribution in [2.45, 2.75) is 19.9 Å². The van der Waals surface area contributed by atoms with Gasteiger partial charge in [-0.1, -0.05) is 19.1 Å². The van der Waals surface area contributed by atoms with E-state index in [-0.39, 0.29) is 0 Å². The molecule has 3 heterocycles. The Balaban J connectivity index is 1.65. The number of benzene rings is 1. The number of hydrogen-bond donors (Lipinski definition) is 1. The Bertz CT molecular complexity index is 811. The van der Waals surface area contributed by atoms with E-state index in [9.17, 15) is 0 Å². The highest BCUT2D eigenvalue weighted by atomic mass is 15.6. The third-order valence-corrected chi connectivity index (χ3v) is 4.12. The van der Waals surface area contributed by atoms with Gasteiger partial charge in [-0.15, -0.1) is 14.8 Å². The van der Waals surface area contributed by atoms with Gasteiger partial charge in [-0.25, -0.2) is 0 Å². The van der Waals surface area contributed by atoms with Gasteiger partial charge in [-0.3, -0.25) is 4.90 Å². The summed E-state index contributed by atoms with van der Waals surface area (Å²) in [5, 5.41) is 19.1. The number of anilines is 2. The summed E-state index contributed by atoms with van der Waals surface area (Å²) in [6, 6.07) is 10.2. The minimum absolute atomic E-state index is 0.638. The van der Waals surface area contributed by atoms with Gasteiger partial charge < -0.3 is 5.32 Å². The summed E-state index contributed by atoms with van der Waals surface area (Å²) in [4.78, 5) is 2.46. The lowest BCUT2D eigenvalue weighted by Gasteiger charge is -2.29. The van der Waals surface area contributed by atoms with Crippen molar-refractivity contribution in [3.63, 3.8) is 0 Å². The van der Waals surface area contributed by atoms with E-state index in [1.54, 1.807) is 0 Å². The molecule has 0 amide bonds. The minimum Gasteiger partial charge on any atom is -0.338 e. The van der Waals surface area contributed by atoms with Crippen LogP contribution in [0.1, 0.15) is 18.1 Å². The van der Waals surface area contributed by atoms with Crippen LogP contribution in [0, 0.1) is 0 Å². The minimum atomic E-state index is 0.638. The molecule has 1 N–H and O–H groups in total. The lowest BCUT2D eigenvalue weighted by atomic mass is 9.98. The lowest BCUT2D eigenvalue weighted by molar-refractivity contribution is 0.268. The molecule has 1 aromatic carbocycles. The molecule has 0 unspecified atom stereocenters. The fourth-order valence-corrected chi connectivity index (χ4v) is 2.91. The van der Waals surface area contributed by atoms with E-state index in [1.165, 1.54) is 15.8 Å². The quantitative estimate of drug-likeness (QED) is 0.792. The smallest absolute Gasteiger partial charge is 0.200 e. The average Bonchev–Trinajstić information content (AvgIpc) is 3.02. The molecular formula is C15H17N7. The SMILES string of the molecule is CCN1CCc2c(cccc2Nc2ccc3nnnn3n2)C1. The zero-order chi connectivity index (χ0) is 14.9. The number of likely N-dealkylation sites (N-methyl/N-ethyl adjacent to an activating group) is 1. The maximum atomic E-state index is 4.37. The molecule has 7 heteroatoms. The van der Waals surface area contributed by atoms with Crippen LogP contribution in [0.4, 0.5) is 11.5 Å². The molecule has 0 fully saturated rings. The van der Waals surface area contributed by atoms with E-state index < -0.39 is 0 Å². The summed E-state index contributed by atoms with van der Waals surface area (Å²) in [5.74, 6) is 0.742. The highest BCUT2D eigenvalue weighted by Gasteiger charge is 2.17. The van der Waals surface area contributed by atoms with E-state index in [2.05, 4.69) is 56.0 Å². The summed E-state index contributed by atoms with van der Waals surface area (Å²) in [5.41, 5.74) is 4.53. The van der Waals surface area contributed by atoms with Crippen LogP contribution in [0.2, 0.25) is 0 Å². The van der Waals surface area contributed by atoms with Crippen molar-refractivity contribution < 1.29 is 0 Å². The summed E-state index contributed by atoms with van der Waals surface area (Å²) in [6.45, 7) is 5.41. The van der Waals surface area contributed by atoms with Crippen LogP contribution in [-0.2, 0) is 13.0 Å². The van der Waals surface area contributed by atoms with Crippen LogP contribution in [-0.4, -0.2) is 43.2 Å². The van der Waals surface area contributed by atoms with Gasteiger partial charge in [0.15, 0.2) is 11.5 Å². The first kappa shape index (κ1) is 13.1. The van der Waals surface area contributed by atoms with Crippen molar-refractivity contribution in [2.24, 2.45) is 0 Å². The third-order valence-electron chi connectivity index (χ3n) is 4.12. The van der Waals surface area contributed by atoms with E-state index in [0.717, 1.165) is 37.6 Å². The standard InChI is InChI=1S/C15H17N7/c1-2-21-9-8-12-11(10-21)4-3-5-13(12)16-14-6-7-15-17-19-20-22(15)18-14/h3-7H,2,8-10H2,1H3,(H,16,18). The molecular weight excluding hydrogens is 278 g/mol. The van der Waals surface area contributed by atoms with Crippen molar-refractivity contribution in [3.8, 4) is 0 Å². The fraction of sp³-hybridized carbons (Fsp3) is 0.333.